The minimum atomic E-state index is 0.441. The number of hydrogen-bond acceptors (Lipinski definition) is 4. The molecule has 0 unspecified atom stereocenters. The van der Waals surface area contributed by atoms with Gasteiger partial charge in [0.05, 0.1) is 6.20 Å². The zero-order chi connectivity index (χ0) is 7.14. The third-order valence-corrected chi connectivity index (χ3v) is 1.33. The van der Waals surface area contributed by atoms with Crippen molar-refractivity contribution in [3.05, 3.63) is 12.5 Å². The third-order valence-electron chi connectivity index (χ3n) is 1.33. The van der Waals surface area contributed by atoms with Crippen LogP contribution in [0.2, 0.25) is 0 Å². The summed E-state index contributed by atoms with van der Waals surface area (Å²) in [7, 11) is 0. The number of nitrogens with two attached hydrogens (primary N) is 2. The summed E-state index contributed by atoms with van der Waals surface area (Å²) in [5.74, 6) is 5.80. The molecule has 4 N–H and O–H groups in total. The number of fused-ring (bicyclic) bond motifs is 1. The Labute approximate surface area is 56.0 Å². The topological polar surface area (TPSA) is 87.2 Å². The van der Waals surface area contributed by atoms with Crippen molar-refractivity contribution in [2.45, 2.75) is 0 Å². The molecular weight excluding hydrogens is 132 g/mol. The molecule has 0 bridgehead atoms. The standard InChI is InChI=1S/C4H6N6/c5-4-3-1-8-10(6)9(3)2-7-4/h1-2H,5-6H2. The third kappa shape index (κ3) is 0.426. The molecular formula is C4H6N6. The van der Waals surface area contributed by atoms with Crippen LogP contribution in [0.5, 0.6) is 0 Å². The lowest BCUT2D eigenvalue weighted by atomic mass is 10.6. The van der Waals surface area contributed by atoms with Crippen molar-refractivity contribution in [1.82, 2.24) is 19.5 Å². The zero-order valence-corrected chi connectivity index (χ0v) is 5.10. The molecule has 0 saturated heterocycles. The molecule has 6 nitrogen and oxygen atoms in total. The molecule has 0 saturated carbocycles. The van der Waals surface area contributed by atoms with E-state index >= 15 is 0 Å². The number of nitrogens with zero attached hydrogens (tertiary/aromatic N) is 4. The summed E-state index contributed by atoms with van der Waals surface area (Å²) in [5, 5.41) is 3.75. The van der Waals surface area contributed by atoms with E-state index in [1.165, 1.54) is 11.2 Å². The summed E-state index contributed by atoms with van der Waals surface area (Å²) >= 11 is 0. The molecule has 10 heavy (non-hydrogen) atoms. The highest BCUT2D eigenvalue weighted by molar-refractivity contribution is 5.63. The van der Waals surface area contributed by atoms with Crippen LogP contribution in [0.15, 0.2) is 12.5 Å². The van der Waals surface area contributed by atoms with Crippen LogP contribution in [0.1, 0.15) is 0 Å². The molecule has 2 aromatic heterocycles. The van der Waals surface area contributed by atoms with Crippen molar-refractivity contribution in [1.29, 1.82) is 0 Å². The zero-order valence-electron chi connectivity index (χ0n) is 5.10. The Balaban J connectivity index is 2.95. The van der Waals surface area contributed by atoms with E-state index in [-0.39, 0.29) is 0 Å². The molecule has 52 valence electrons. The van der Waals surface area contributed by atoms with Gasteiger partial charge in [0.25, 0.3) is 0 Å². The lowest BCUT2D eigenvalue weighted by Crippen LogP contribution is -2.15. The number of nitrogen functional groups attached to an aromatic ring is 2. The van der Waals surface area contributed by atoms with E-state index in [2.05, 4.69) is 10.1 Å². The predicted octanol–water partition coefficient (Wildman–Crippen LogP) is -1.17. The maximum Gasteiger partial charge on any atom is 0.153 e. The summed E-state index contributed by atoms with van der Waals surface area (Å²) in [6, 6.07) is 0. The molecule has 2 rings (SSSR count). The van der Waals surface area contributed by atoms with Gasteiger partial charge in [0.1, 0.15) is 11.8 Å². The second-order valence-corrected chi connectivity index (χ2v) is 1.92. The monoisotopic (exact) mass is 138 g/mol. The summed E-state index contributed by atoms with van der Waals surface area (Å²) in [4.78, 5) is 4.98. The lowest BCUT2D eigenvalue weighted by Gasteiger charge is -1.87. The summed E-state index contributed by atoms with van der Waals surface area (Å²) < 4.78 is 1.55. The molecule has 0 aromatic carbocycles. The van der Waals surface area contributed by atoms with Crippen LogP contribution < -0.4 is 11.6 Å². The van der Waals surface area contributed by atoms with Crippen LogP contribution in [-0.4, -0.2) is 19.5 Å². The molecule has 0 aliphatic carbocycles. The first-order chi connectivity index (χ1) is 4.79. The number of aromatic nitrogens is 4. The van der Waals surface area contributed by atoms with Crippen LogP contribution in [0, 0.1) is 0 Å². The van der Waals surface area contributed by atoms with Crippen LogP contribution in [0.25, 0.3) is 5.52 Å². The summed E-state index contributed by atoms with van der Waals surface area (Å²) in [6.45, 7) is 0. The second-order valence-electron chi connectivity index (χ2n) is 1.92. The number of imidazole rings is 1. The molecule has 0 aliphatic heterocycles. The quantitative estimate of drug-likeness (QED) is 0.449. The fraction of sp³-hybridized carbons (Fsp3) is 0. The van der Waals surface area contributed by atoms with Crippen molar-refractivity contribution in [2.75, 3.05) is 11.6 Å². The van der Waals surface area contributed by atoms with Crippen molar-refractivity contribution >= 4 is 11.3 Å². The molecule has 0 aliphatic rings. The Kier molecular flexibility index (Phi) is 0.717. The van der Waals surface area contributed by atoms with Gasteiger partial charge < -0.3 is 11.6 Å². The first kappa shape index (κ1) is 5.10. The minimum Gasteiger partial charge on any atom is -0.382 e. The molecule has 6 heteroatoms. The molecule has 2 heterocycles. The Morgan fingerprint density at radius 3 is 3.00 bits per heavy atom. The van der Waals surface area contributed by atoms with E-state index in [4.69, 9.17) is 11.6 Å². The van der Waals surface area contributed by atoms with Gasteiger partial charge in [-0.15, -0.1) is 10.0 Å². The lowest BCUT2D eigenvalue weighted by molar-refractivity contribution is 0.652. The van der Waals surface area contributed by atoms with Gasteiger partial charge in [0.15, 0.2) is 5.82 Å². The Bertz CT molecular complexity index is 321. The maximum absolute atomic E-state index is 5.45. The first-order valence-corrected chi connectivity index (χ1v) is 2.71. The van der Waals surface area contributed by atoms with Gasteiger partial charge in [-0.05, 0) is 0 Å². The van der Waals surface area contributed by atoms with E-state index < -0.39 is 0 Å². The Hall–Kier alpha value is -1.72. The largest absolute Gasteiger partial charge is 0.382 e. The Morgan fingerprint density at radius 1 is 1.50 bits per heavy atom. The molecule has 0 spiro atoms. The van der Waals surface area contributed by atoms with Gasteiger partial charge in [-0.1, -0.05) is 0 Å². The molecule has 0 fully saturated rings. The fourth-order valence-corrected chi connectivity index (χ4v) is 0.821. The van der Waals surface area contributed by atoms with E-state index in [1.54, 1.807) is 10.7 Å². The maximum atomic E-state index is 5.45. The molecule has 0 atom stereocenters. The highest BCUT2D eigenvalue weighted by Gasteiger charge is 2.02. The van der Waals surface area contributed by atoms with Crippen molar-refractivity contribution in [2.24, 2.45) is 0 Å². The van der Waals surface area contributed by atoms with Crippen molar-refractivity contribution in [3.8, 4) is 0 Å². The highest BCUT2D eigenvalue weighted by atomic mass is 15.7. The van der Waals surface area contributed by atoms with Gasteiger partial charge in [-0.25, -0.2) is 9.50 Å². The van der Waals surface area contributed by atoms with Gasteiger partial charge in [0.2, 0.25) is 0 Å². The SMILES string of the molecule is Nc1ncn2c1cnn2N. The average molecular weight is 138 g/mol. The summed E-state index contributed by atoms with van der Waals surface area (Å²) in [5.41, 5.74) is 6.17. The molecule has 0 amide bonds. The molecule has 0 radical (unpaired) electrons. The van der Waals surface area contributed by atoms with Crippen molar-refractivity contribution < 1.29 is 0 Å². The predicted molar refractivity (Wildman–Crippen MR) is 35.5 cm³/mol. The van der Waals surface area contributed by atoms with Gasteiger partial charge >= 0.3 is 0 Å². The first-order valence-electron chi connectivity index (χ1n) is 2.71. The average Bonchev–Trinajstić information content (AvgIpc) is 2.41. The molecule has 2 aromatic rings. The van der Waals surface area contributed by atoms with Gasteiger partial charge in [-0.2, -0.15) is 0 Å². The number of anilines is 1. The second kappa shape index (κ2) is 1.41. The highest BCUT2D eigenvalue weighted by Crippen LogP contribution is 2.07. The van der Waals surface area contributed by atoms with E-state index in [0.29, 0.717) is 5.82 Å². The Morgan fingerprint density at radius 2 is 2.30 bits per heavy atom. The summed E-state index contributed by atoms with van der Waals surface area (Å²) in [6.07, 6.45) is 3.07. The van der Waals surface area contributed by atoms with Crippen LogP contribution in [0.3, 0.4) is 0 Å². The smallest absolute Gasteiger partial charge is 0.153 e. The van der Waals surface area contributed by atoms with E-state index in [9.17, 15) is 0 Å². The van der Waals surface area contributed by atoms with Gasteiger partial charge in [-0.3, -0.25) is 0 Å². The minimum absolute atomic E-state index is 0.441. The number of rotatable bonds is 0. The number of hydrogen-bond donors (Lipinski definition) is 2. The van der Waals surface area contributed by atoms with E-state index in [0.717, 1.165) is 5.52 Å². The van der Waals surface area contributed by atoms with Crippen molar-refractivity contribution in [3.63, 3.8) is 0 Å². The van der Waals surface area contributed by atoms with E-state index in [1.807, 2.05) is 0 Å². The van der Waals surface area contributed by atoms with Crippen LogP contribution in [0.4, 0.5) is 5.82 Å². The van der Waals surface area contributed by atoms with Gasteiger partial charge in [0, 0.05) is 0 Å². The van der Waals surface area contributed by atoms with Crippen LogP contribution in [-0.2, 0) is 0 Å². The fourth-order valence-electron chi connectivity index (χ4n) is 0.821. The van der Waals surface area contributed by atoms with Crippen LogP contribution >= 0.6 is 0 Å². The normalized spacial score (nSPS) is 10.8.